The van der Waals surface area contributed by atoms with Crippen molar-refractivity contribution in [2.24, 2.45) is 5.92 Å². The molecule has 5 heterocycles. The number of ether oxygens (including phenoxy) is 1. The molecule has 0 spiro atoms. The van der Waals surface area contributed by atoms with Gasteiger partial charge in [-0.2, -0.15) is 0 Å². The van der Waals surface area contributed by atoms with Crippen LogP contribution in [0.2, 0.25) is 0 Å². The highest BCUT2D eigenvalue weighted by Gasteiger charge is 2.46. The van der Waals surface area contributed by atoms with E-state index in [1.54, 1.807) is 7.11 Å². The molecule has 6 rings (SSSR count). The van der Waals surface area contributed by atoms with Gasteiger partial charge in [0.15, 0.2) is 0 Å². The highest BCUT2D eigenvalue weighted by Crippen LogP contribution is 2.44. The summed E-state index contributed by atoms with van der Waals surface area (Å²) >= 11 is 3.81. The summed E-state index contributed by atoms with van der Waals surface area (Å²) < 4.78 is 5.59. The van der Waals surface area contributed by atoms with E-state index in [2.05, 4.69) is 63.4 Å². The molecule has 3 saturated heterocycles. The van der Waals surface area contributed by atoms with E-state index in [-0.39, 0.29) is 0 Å². The van der Waals surface area contributed by atoms with Crippen LogP contribution in [0.1, 0.15) is 34.1 Å². The highest BCUT2D eigenvalue weighted by atomic mass is 32.1. The molecule has 3 aliphatic rings. The van der Waals surface area contributed by atoms with Crippen LogP contribution >= 0.6 is 22.7 Å². The zero-order valence-electron chi connectivity index (χ0n) is 16.8. The minimum atomic E-state index is 0.452. The molecule has 1 N–H and O–H groups in total. The maximum atomic E-state index is 5.59. The fourth-order valence-corrected chi connectivity index (χ4v) is 7.12. The lowest BCUT2D eigenvalue weighted by molar-refractivity contribution is 0.00552. The summed E-state index contributed by atoms with van der Waals surface area (Å²) in [5, 5.41) is 8.44. The summed E-state index contributed by atoms with van der Waals surface area (Å²) in [6, 6.07) is 18.5. The summed E-state index contributed by atoms with van der Waals surface area (Å²) in [5.41, 5.74) is 1.24. The third-order valence-corrected chi connectivity index (χ3v) is 8.54. The van der Waals surface area contributed by atoms with Gasteiger partial charge in [-0.05, 0) is 60.8 Å². The molecule has 1 aromatic carbocycles. The number of benzene rings is 1. The van der Waals surface area contributed by atoms with Gasteiger partial charge in [0.05, 0.1) is 7.11 Å². The molecule has 3 nitrogen and oxygen atoms in total. The quantitative estimate of drug-likeness (QED) is 0.564. The molecule has 3 fully saturated rings. The van der Waals surface area contributed by atoms with E-state index >= 15 is 0 Å². The molecule has 152 valence electrons. The van der Waals surface area contributed by atoms with Crippen molar-refractivity contribution in [3.63, 3.8) is 0 Å². The van der Waals surface area contributed by atoms with Crippen LogP contribution in [0.5, 0.6) is 5.75 Å². The van der Waals surface area contributed by atoms with Gasteiger partial charge < -0.3 is 10.1 Å². The van der Waals surface area contributed by atoms with E-state index in [1.807, 2.05) is 28.7 Å². The van der Waals surface area contributed by atoms with Gasteiger partial charge >= 0.3 is 0 Å². The Labute approximate surface area is 181 Å². The predicted octanol–water partition coefficient (Wildman–Crippen LogP) is 5.20. The van der Waals surface area contributed by atoms with Crippen molar-refractivity contribution < 1.29 is 4.74 Å². The molecule has 2 atom stereocenters. The van der Waals surface area contributed by atoms with Crippen molar-refractivity contribution in [3.05, 3.63) is 74.6 Å². The minimum Gasteiger partial charge on any atom is -0.496 e. The van der Waals surface area contributed by atoms with Crippen molar-refractivity contribution in [2.75, 3.05) is 20.2 Å². The van der Waals surface area contributed by atoms with Crippen LogP contribution in [0.15, 0.2) is 59.3 Å². The lowest BCUT2D eigenvalue weighted by atomic mass is 9.73. The number of hydrogen-bond donors (Lipinski definition) is 1. The Morgan fingerprint density at radius 3 is 2.31 bits per heavy atom. The minimum absolute atomic E-state index is 0.452. The number of fused-ring (bicyclic) bond motifs is 3. The lowest BCUT2D eigenvalue weighted by Gasteiger charge is -2.53. The average Bonchev–Trinajstić information content (AvgIpc) is 3.49. The maximum absolute atomic E-state index is 5.59. The maximum Gasteiger partial charge on any atom is 0.123 e. The molecule has 5 heteroatoms. The van der Waals surface area contributed by atoms with Crippen LogP contribution in [0, 0.1) is 5.92 Å². The monoisotopic (exact) mass is 424 g/mol. The number of nitrogens with zero attached hydrogens (tertiary/aromatic N) is 1. The number of nitrogens with one attached hydrogen (secondary N) is 1. The molecular weight excluding hydrogens is 396 g/mol. The number of piperidine rings is 3. The molecule has 2 unspecified atom stereocenters. The van der Waals surface area contributed by atoms with E-state index in [0.717, 1.165) is 18.2 Å². The first kappa shape index (κ1) is 19.3. The van der Waals surface area contributed by atoms with Crippen molar-refractivity contribution in [1.29, 1.82) is 0 Å². The van der Waals surface area contributed by atoms with Crippen LogP contribution in [0.25, 0.3) is 0 Å². The van der Waals surface area contributed by atoms with Gasteiger partial charge in [0.2, 0.25) is 0 Å². The third-order valence-electron chi connectivity index (χ3n) is 6.63. The van der Waals surface area contributed by atoms with Crippen LogP contribution in [-0.4, -0.2) is 37.2 Å². The van der Waals surface area contributed by atoms with Gasteiger partial charge in [0.1, 0.15) is 5.75 Å². The number of methoxy groups -OCH3 is 1. The Morgan fingerprint density at radius 2 is 1.69 bits per heavy atom. The van der Waals surface area contributed by atoms with Crippen LogP contribution < -0.4 is 10.1 Å². The van der Waals surface area contributed by atoms with Gasteiger partial charge in [-0.15, -0.1) is 22.7 Å². The fourth-order valence-electron chi connectivity index (χ4n) is 5.28. The van der Waals surface area contributed by atoms with Gasteiger partial charge in [-0.1, -0.05) is 30.3 Å². The smallest absolute Gasteiger partial charge is 0.123 e. The highest BCUT2D eigenvalue weighted by molar-refractivity contribution is 7.11. The number of para-hydroxylation sites is 1. The first-order valence-corrected chi connectivity index (χ1v) is 12.3. The summed E-state index contributed by atoms with van der Waals surface area (Å²) in [4.78, 5) is 5.74. The van der Waals surface area contributed by atoms with Crippen molar-refractivity contribution >= 4 is 22.7 Å². The molecule has 2 aromatic heterocycles. The number of hydrogen-bond acceptors (Lipinski definition) is 5. The summed E-state index contributed by atoms with van der Waals surface area (Å²) in [5.74, 6) is 2.18. The molecule has 3 aromatic rings. The Hall–Kier alpha value is -1.66. The van der Waals surface area contributed by atoms with E-state index in [0.29, 0.717) is 18.0 Å². The van der Waals surface area contributed by atoms with Crippen LogP contribution in [-0.2, 0) is 6.54 Å². The Kier molecular flexibility index (Phi) is 5.73. The number of thiophene rings is 2. The Bertz CT molecular complexity index is 867. The molecular formula is C24H28N2OS2. The summed E-state index contributed by atoms with van der Waals surface area (Å²) in [6.07, 6.45) is 2.61. The van der Waals surface area contributed by atoms with Crippen molar-refractivity contribution in [1.82, 2.24) is 10.2 Å². The molecule has 0 saturated carbocycles. The van der Waals surface area contributed by atoms with Gasteiger partial charge in [-0.3, -0.25) is 4.90 Å². The summed E-state index contributed by atoms with van der Waals surface area (Å²) in [7, 11) is 1.76. The molecule has 0 aliphatic carbocycles. The standard InChI is InChI=1S/C24H28N2OS2/c1-27-19-7-3-2-6-18(19)16-25-23-17-10-12-26(13-11-17)24(23)22(20-8-4-14-28-20)21-9-5-15-29-21/h2-9,14-15,17,22-25H,10-13,16H2,1H3. The van der Waals surface area contributed by atoms with Crippen molar-refractivity contribution in [2.45, 2.75) is 37.4 Å². The second-order valence-corrected chi connectivity index (χ2v) is 10.0. The second kappa shape index (κ2) is 8.60. The van der Waals surface area contributed by atoms with E-state index in [9.17, 15) is 0 Å². The van der Waals surface area contributed by atoms with Gasteiger partial charge in [-0.25, -0.2) is 0 Å². The van der Waals surface area contributed by atoms with Crippen LogP contribution in [0.3, 0.4) is 0 Å². The normalized spacial score (nSPS) is 26.1. The first-order valence-electron chi connectivity index (χ1n) is 10.5. The summed E-state index contributed by atoms with van der Waals surface area (Å²) in [6.45, 7) is 3.32. The Morgan fingerprint density at radius 1 is 1.00 bits per heavy atom. The molecule has 2 bridgehead atoms. The predicted molar refractivity (Wildman–Crippen MR) is 122 cm³/mol. The van der Waals surface area contributed by atoms with Crippen molar-refractivity contribution in [3.8, 4) is 5.75 Å². The Balaban J connectivity index is 1.46. The second-order valence-electron chi connectivity index (χ2n) is 8.09. The molecule has 29 heavy (non-hydrogen) atoms. The first-order chi connectivity index (χ1) is 14.3. The molecule has 0 radical (unpaired) electrons. The third kappa shape index (κ3) is 3.77. The average molecular weight is 425 g/mol. The fraction of sp³-hybridized carbons (Fsp3) is 0.417. The van der Waals surface area contributed by atoms with Gasteiger partial charge in [0, 0.05) is 39.9 Å². The largest absolute Gasteiger partial charge is 0.496 e. The van der Waals surface area contributed by atoms with E-state index in [1.165, 1.54) is 41.2 Å². The van der Waals surface area contributed by atoms with Gasteiger partial charge in [0.25, 0.3) is 0 Å². The zero-order chi connectivity index (χ0) is 19.6. The lowest BCUT2D eigenvalue weighted by Crippen LogP contribution is -2.64. The molecule has 3 aliphatic heterocycles. The topological polar surface area (TPSA) is 24.5 Å². The molecule has 0 amide bonds. The zero-order valence-corrected chi connectivity index (χ0v) is 18.4. The van der Waals surface area contributed by atoms with E-state index in [4.69, 9.17) is 4.74 Å². The number of rotatable bonds is 7. The van der Waals surface area contributed by atoms with Crippen LogP contribution in [0.4, 0.5) is 0 Å². The SMILES string of the molecule is COc1ccccc1CNC1C2CCN(CC2)C1C(c1cccs1)c1cccs1. The van der Waals surface area contributed by atoms with E-state index < -0.39 is 0 Å².